The van der Waals surface area contributed by atoms with E-state index in [4.69, 9.17) is 26.4 Å². The van der Waals surface area contributed by atoms with Gasteiger partial charge < -0.3 is 14.9 Å². The number of oxime groups is 1. The molecule has 0 fully saturated rings. The van der Waals surface area contributed by atoms with Gasteiger partial charge in [-0.1, -0.05) is 16.8 Å². The molecule has 0 aliphatic carbocycles. The Kier molecular flexibility index (Phi) is 6.81. The molecule has 0 unspecified atom stereocenters. The standard InChI is InChI=1S/C18H16ClN3O3/c1-2-24-16-7-3-13(4-8-16)11-21-25-12-18(23)22-15-6-5-14(10-20)17(19)9-15/h3-9,11H,2,12H2,1H3,(H,22,23)/b21-11-. The van der Waals surface area contributed by atoms with Gasteiger partial charge in [0.25, 0.3) is 5.91 Å². The summed E-state index contributed by atoms with van der Waals surface area (Å²) in [6.45, 7) is 2.28. The number of amides is 1. The van der Waals surface area contributed by atoms with Crippen molar-refractivity contribution in [3.63, 3.8) is 0 Å². The first-order valence-corrected chi connectivity index (χ1v) is 7.88. The molecule has 0 aromatic heterocycles. The van der Waals surface area contributed by atoms with Crippen molar-refractivity contribution < 1.29 is 14.4 Å². The molecule has 0 aliphatic rings. The van der Waals surface area contributed by atoms with E-state index in [1.54, 1.807) is 6.07 Å². The van der Waals surface area contributed by atoms with E-state index >= 15 is 0 Å². The second-order valence-electron chi connectivity index (χ2n) is 4.86. The molecule has 128 valence electrons. The predicted molar refractivity (Wildman–Crippen MR) is 96.0 cm³/mol. The zero-order valence-corrected chi connectivity index (χ0v) is 14.3. The number of nitrogens with one attached hydrogen (secondary N) is 1. The first kappa shape index (κ1) is 18.3. The molecule has 0 saturated carbocycles. The van der Waals surface area contributed by atoms with Crippen LogP contribution in [-0.2, 0) is 9.63 Å². The fraction of sp³-hybridized carbons (Fsp3) is 0.167. The maximum Gasteiger partial charge on any atom is 0.265 e. The van der Waals surface area contributed by atoms with E-state index < -0.39 is 0 Å². The summed E-state index contributed by atoms with van der Waals surface area (Å²) in [5.41, 5.74) is 1.65. The summed E-state index contributed by atoms with van der Waals surface area (Å²) in [6.07, 6.45) is 1.50. The second kappa shape index (κ2) is 9.30. The maximum atomic E-state index is 11.8. The third-order valence-electron chi connectivity index (χ3n) is 3.04. The van der Waals surface area contributed by atoms with Gasteiger partial charge in [0.05, 0.1) is 23.4 Å². The van der Waals surface area contributed by atoms with Gasteiger partial charge in [-0.05, 0) is 55.0 Å². The number of hydrogen-bond acceptors (Lipinski definition) is 5. The van der Waals surface area contributed by atoms with Crippen molar-refractivity contribution >= 4 is 29.4 Å². The van der Waals surface area contributed by atoms with Crippen molar-refractivity contribution in [3.05, 3.63) is 58.6 Å². The first-order valence-electron chi connectivity index (χ1n) is 7.50. The van der Waals surface area contributed by atoms with Gasteiger partial charge >= 0.3 is 0 Å². The Labute approximate surface area is 150 Å². The van der Waals surface area contributed by atoms with Crippen LogP contribution in [0.5, 0.6) is 5.75 Å². The van der Waals surface area contributed by atoms with Gasteiger partial charge in [-0.15, -0.1) is 0 Å². The van der Waals surface area contributed by atoms with Crippen LogP contribution in [-0.4, -0.2) is 25.3 Å². The zero-order valence-electron chi connectivity index (χ0n) is 13.5. The van der Waals surface area contributed by atoms with Crippen molar-refractivity contribution in [1.82, 2.24) is 0 Å². The Bertz CT molecular complexity index is 798. The van der Waals surface area contributed by atoms with E-state index in [-0.39, 0.29) is 17.5 Å². The number of halogens is 1. The molecule has 0 saturated heterocycles. The molecular formula is C18H16ClN3O3. The Hall–Kier alpha value is -3.04. The van der Waals surface area contributed by atoms with Crippen LogP contribution in [0.4, 0.5) is 5.69 Å². The summed E-state index contributed by atoms with van der Waals surface area (Å²) in [5, 5.41) is 15.4. The number of rotatable bonds is 7. The van der Waals surface area contributed by atoms with Gasteiger partial charge in [0.15, 0.2) is 6.61 Å². The Morgan fingerprint density at radius 1 is 1.32 bits per heavy atom. The minimum absolute atomic E-state index is 0.245. The molecule has 1 N–H and O–H groups in total. The number of carbonyl (C=O) groups is 1. The van der Waals surface area contributed by atoms with E-state index in [1.807, 2.05) is 37.3 Å². The van der Waals surface area contributed by atoms with Crippen LogP contribution in [0, 0.1) is 11.3 Å². The van der Waals surface area contributed by atoms with Gasteiger partial charge in [-0.25, -0.2) is 0 Å². The van der Waals surface area contributed by atoms with Crippen LogP contribution in [0.25, 0.3) is 0 Å². The lowest BCUT2D eigenvalue weighted by molar-refractivity contribution is -0.120. The lowest BCUT2D eigenvalue weighted by Gasteiger charge is -2.05. The molecule has 6 nitrogen and oxygen atoms in total. The van der Waals surface area contributed by atoms with Crippen molar-refractivity contribution in [2.24, 2.45) is 5.16 Å². The van der Waals surface area contributed by atoms with Crippen molar-refractivity contribution in [1.29, 1.82) is 5.26 Å². The molecule has 25 heavy (non-hydrogen) atoms. The van der Waals surface area contributed by atoms with Gasteiger partial charge in [0.2, 0.25) is 0 Å². The Morgan fingerprint density at radius 3 is 2.72 bits per heavy atom. The SMILES string of the molecule is CCOc1ccc(/C=N\OCC(=O)Nc2ccc(C#N)c(Cl)c2)cc1. The van der Waals surface area contributed by atoms with Crippen LogP contribution >= 0.6 is 11.6 Å². The van der Waals surface area contributed by atoms with Crippen LogP contribution in [0.3, 0.4) is 0 Å². The highest BCUT2D eigenvalue weighted by Crippen LogP contribution is 2.20. The number of carbonyl (C=O) groups excluding carboxylic acids is 1. The van der Waals surface area contributed by atoms with E-state index in [1.165, 1.54) is 18.3 Å². The molecule has 0 spiro atoms. The van der Waals surface area contributed by atoms with Crippen molar-refractivity contribution in [2.75, 3.05) is 18.5 Å². The molecule has 2 aromatic carbocycles. The Morgan fingerprint density at radius 2 is 2.08 bits per heavy atom. The smallest absolute Gasteiger partial charge is 0.265 e. The third-order valence-corrected chi connectivity index (χ3v) is 3.35. The lowest BCUT2D eigenvalue weighted by atomic mass is 10.2. The van der Waals surface area contributed by atoms with Gasteiger partial charge in [-0.2, -0.15) is 5.26 Å². The van der Waals surface area contributed by atoms with E-state index in [9.17, 15) is 4.79 Å². The summed E-state index contributed by atoms with van der Waals surface area (Å²) in [6, 6.07) is 13.9. The van der Waals surface area contributed by atoms with E-state index in [2.05, 4.69) is 10.5 Å². The van der Waals surface area contributed by atoms with Crippen LogP contribution < -0.4 is 10.1 Å². The minimum atomic E-state index is -0.385. The number of benzene rings is 2. The average Bonchev–Trinajstić information content (AvgIpc) is 2.60. The number of ether oxygens (including phenoxy) is 1. The average molecular weight is 358 g/mol. The van der Waals surface area contributed by atoms with Crippen LogP contribution in [0.2, 0.25) is 5.02 Å². The number of anilines is 1. The number of nitrogens with zero attached hydrogens (tertiary/aromatic N) is 2. The van der Waals surface area contributed by atoms with E-state index in [0.29, 0.717) is 17.9 Å². The van der Waals surface area contributed by atoms with Crippen molar-refractivity contribution in [2.45, 2.75) is 6.92 Å². The highest BCUT2D eigenvalue weighted by molar-refractivity contribution is 6.32. The van der Waals surface area contributed by atoms with Gasteiger partial charge in [0, 0.05) is 5.69 Å². The molecule has 0 radical (unpaired) electrons. The first-order chi connectivity index (χ1) is 12.1. The monoisotopic (exact) mass is 357 g/mol. The third kappa shape index (κ3) is 5.83. The second-order valence-corrected chi connectivity index (χ2v) is 5.27. The summed E-state index contributed by atoms with van der Waals surface area (Å²) in [4.78, 5) is 16.7. The van der Waals surface area contributed by atoms with Crippen molar-refractivity contribution in [3.8, 4) is 11.8 Å². The predicted octanol–water partition coefficient (Wildman–Crippen LogP) is 3.60. The summed E-state index contributed by atoms with van der Waals surface area (Å²) >= 11 is 5.90. The molecule has 0 aliphatic heterocycles. The molecule has 7 heteroatoms. The highest BCUT2D eigenvalue weighted by Gasteiger charge is 2.05. The summed E-state index contributed by atoms with van der Waals surface area (Å²) in [7, 11) is 0. The minimum Gasteiger partial charge on any atom is -0.494 e. The van der Waals surface area contributed by atoms with Gasteiger partial charge in [-0.3, -0.25) is 4.79 Å². The maximum absolute atomic E-state index is 11.8. The quantitative estimate of drug-likeness (QED) is 0.606. The number of hydrogen-bond donors (Lipinski definition) is 1. The summed E-state index contributed by atoms with van der Waals surface area (Å²) in [5.74, 6) is 0.394. The normalized spacial score (nSPS) is 10.3. The van der Waals surface area contributed by atoms with Crippen LogP contribution in [0.15, 0.2) is 47.6 Å². The van der Waals surface area contributed by atoms with E-state index in [0.717, 1.165) is 11.3 Å². The number of nitriles is 1. The largest absolute Gasteiger partial charge is 0.494 e. The highest BCUT2D eigenvalue weighted by atomic mass is 35.5. The topological polar surface area (TPSA) is 83.7 Å². The van der Waals surface area contributed by atoms with Crippen LogP contribution in [0.1, 0.15) is 18.1 Å². The molecule has 1 amide bonds. The fourth-order valence-corrected chi connectivity index (χ4v) is 2.11. The molecular weight excluding hydrogens is 342 g/mol. The lowest BCUT2D eigenvalue weighted by Crippen LogP contribution is -2.17. The zero-order chi connectivity index (χ0) is 18.1. The molecule has 0 heterocycles. The molecule has 0 atom stereocenters. The Balaban J connectivity index is 1.80. The molecule has 0 bridgehead atoms. The fourth-order valence-electron chi connectivity index (χ4n) is 1.89. The van der Waals surface area contributed by atoms with Gasteiger partial charge in [0.1, 0.15) is 11.8 Å². The summed E-state index contributed by atoms with van der Waals surface area (Å²) < 4.78 is 5.34. The molecule has 2 rings (SSSR count). The molecule has 2 aromatic rings.